The quantitative estimate of drug-likeness (QED) is 0.687. The molecule has 0 aliphatic rings. The lowest BCUT2D eigenvalue weighted by atomic mass is 10.1. The SMILES string of the molecule is O=C(O)c1cnc2ccccc2c1NCc1csc(=O)[nH]1. The second-order valence-electron chi connectivity index (χ2n) is 4.40. The molecule has 2 aromatic heterocycles. The third-order valence-corrected chi connectivity index (χ3v) is 3.75. The number of pyridine rings is 1. The fourth-order valence-electron chi connectivity index (χ4n) is 2.08. The van der Waals surface area contributed by atoms with Gasteiger partial charge < -0.3 is 15.4 Å². The maximum atomic E-state index is 11.3. The minimum atomic E-state index is -1.05. The van der Waals surface area contributed by atoms with Gasteiger partial charge in [0.15, 0.2) is 0 Å². The van der Waals surface area contributed by atoms with Crippen molar-refractivity contribution in [2.24, 2.45) is 0 Å². The topological polar surface area (TPSA) is 95.1 Å². The number of carboxylic acids is 1. The number of fused-ring (bicyclic) bond motifs is 1. The molecule has 3 aromatic rings. The van der Waals surface area contributed by atoms with Gasteiger partial charge in [-0.05, 0) is 6.07 Å². The summed E-state index contributed by atoms with van der Waals surface area (Å²) < 4.78 is 0. The van der Waals surface area contributed by atoms with Crippen molar-refractivity contribution in [3.8, 4) is 0 Å². The average Bonchev–Trinajstić information content (AvgIpc) is 2.90. The fraction of sp³-hybridized carbons (Fsp3) is 0.0714. The van der Waals surface area contributed by atoms with Gasteiger partial charge in [-0.2, -0.15) is 0 Å². The summed E-state index contributed by atoms with van der Waals surface area (Å²) in [7, 11) is 0. The Balaban J connectivity index is 2.03. The maximum absolute atomic E-state index is 11.3. The largest absolute Gasteiger partial charge is 0.478 e. The molecule has 7 heteroatoms. The van der Waals surface area contributed by atoms with E-state index in [2.05, 4.69) is 15.3 Å². The van der Waals surface area contributed by atoms with E-state index in [1.165, 1.54) is 6.20 Å². The van der Waals surface area contributed by atoms with Gasteiger partial charge in [-0.1, -0.05) is 29.5 Å². The Morgan fingerprint density at radius 3 is 2.90 bits per heavy atom. The van der Waals surface area contributed by atoms with Crippen molar-refractivity contribution in [1.29, 1.82) is 0 Å². The Hall–Kier alpha value is -2.67. The number of aromatic carboxylic acids is 1. The van der Waals surface area contributed by atoms with E-state index in [-0.39, 0.29) is 10.4 Å². The van der Waals surface area contributed by atoms with Gasteiger partial charge in [0.2, 0.25) is 0 Å². The third-order valence-electron chi connectivity index (χ3n) is 3.03. The zero-order valence-electron chi connectivity index (χ0n) is 10.8. The number of hydrogen-bond donors (Lipinski definition) is 3. The van der Waals surface area contributed by atoms with Crippen molar-refractivity contribution in [2.75, 3.05) is 5.32 Å². The highest BCUT2D eigenvalue weighted by Gasteiger charge is 2.14. The van der Waals surface area contributed by atoms with E-state index in [0.29, 0.717) is 23.4 Å². The number of aromatic nitrogens is 2. The van der Waals surface area contributed by atoms with Crippen LogP contribution in [0.5, 0.6) is 0 Å². The lowest BCUT2D eigenvalue weighted by molar-refractivity contribution is 0.0697. The molecule has 106 valence electrons. The molecule has 0 amide bonds. The first kappa shape index (κ1) is 13.3. The minimum absolute atomic E-state index is 0.103. The van der Waals surface area contributed by atoms with Crippen molar-refractivity contribution in [2.45, 2.75) is 6.54 Å². The summed E-state index contributed by atoms with van der Waals surface area (Å²) in [4.78, 5) is 29.2. The summed E-state index contributed by atoms with van der Waals surface area (Å²) >= 11 is 1.07. The van der Waals surface area contributed by atoms with E-state index in [4.69, 9.17) is 0 Å². The first-order valence-electron chi connectivity index (χ1n) is 6.17. The Bertz CT molecular complexity index is 869. The van der Waals surface area contributed by atoms with E-state index < -0.39 is 5.97 Å². The first-order chi connectivity index (χ1) is 10.1. The van der Waals surface area contributed by atoms with Crippen LogP contribution < -0.4 is 10.2 Å². The smallest absolute Gasteiger partial charge is 0.339 e. The number of para-hydroxylation sites is 1. The maximum Gasteiger partial charge on any atom is 0.339 e. The molecule has 0 radical (unpaired) electrons. The molecule has 0 bridgehead atoms. The average molecular weight is 301 g/mol. The van der Waals surface area contributed by atoms with Gasteiger partial charge in [0.05, 0.1) is 17.7 Å². The van der Waals surface area contributed by atoms with Crippen molar-refractivity contribution < 1.29 is 9.90 Å². The lowest BCUT2D eigenvalue weighted by Gasteiger charge is -2.11. The van der Waals surface area contributed by atoms with Crippen LogP contribution in [0.15, 0.2) is 40.6 Å². The molecule has 1 aromatic carbocycles. The summed E-state index contributed by atoms with van der Waals surface area (Å²) in [5.74, 6) is -1.05. The summed E-state index contributed by atoms with van der Waals surface area (Å²) in [5, 5.41) is 14.8. The number of aromatic amines is 1. The molecule has 0 saturated carbocycles. The van der Waals surface area contributed by atoms with Gasteiger partial charge in [-0.3, -0.25) is 9.78 Å². The third kappa shape index (κ3) is 2.63. The van der Waals surface area contributed by atoms with Crippen LogP contribution in [0.4, 0.5) is 5.69 Å². The molecular formula is C14H11N3O3S. The number of benzene rings is 1. The summed E-state index contributed by atoms with van der Waals surface area (Å²) in [5.41, 5.74) is 2.03. The van der Waals surface area contributed by atoms with Gasteiger partial charge in [-0.25, -0.2) is 4.79 Å². The highest BCUT2D eigenvalue weighted by atomic mass is 32.1. The molecule has 0 spiro atoms. The Morgan fingerprint density at radius 2 is 2.19 bits per heavy atom. The number of anilines is 1. The van der Waals surface area contributed by atoms with Gasteiger partial charge in [0, 0.05) is 22.7 Å². The molecule has 0 aliphatic carbocycles. The molecule has 21 heavy (non-hydrogen) atoms. The summed E-state index contributed by atoms with van der Waals surface area (Å²) in [6, 6.07) is 7.30. The molecule has 0 atom stereocenters. The number of nitrogens with zero attached hydrogens (tertiary/aromatic N) is 1. The zero-order chi connectivity index (χ0) is 14.8. The van der Waals surface area contributed by atoms with Gasteiger partial charge in [-0.15, -0.1) is 0 Å². The van der Waals surface area contributed by atoms with Gasteiger partial charge in [0.25, 0.3) is 0 Å². The molecule has 3 N–H and O–H groups in total. The molecule has 0 saturated heterocycles. The molecule has 0 aliphatic heterocycles. The molecular weight excluding hydrogens is 290 g/mol. The highest BCUT2D eigenvalue weighted by molar-refractivity contribution is 7.07. The van der Waals surface area contributed by atoms with Crippen molar-refractivity contribution >= 4 is 33.9 Å². The molecule has 3 rings (SSSR count). The van der Waals surface area contributed by atoms with Crippen LogP contribution in [0.1, 0.15) is 16.1 Å². The normalized spacial score (nSPS) is 10.7. The van der Waals surface area contributed by atoms with Crippen molar-refractivity contribution in [3.63, 3.8) is 0 Å². The van der Waals surface area contributed by atoms with Crippen LogP contribution in [0.3, 0.4) is 0 Å². The van der Waals surface area contributed by atoms with E-state index in [1.807, 2.05) is 24.3 Å². The fourth-order valence-corrected chi connectivity index (χ4v) is 2.66. The predicted molar refractivity (Wildman–Crippen MR) is 81.0 cm³/mol. The van der Waals surface area contributed by atoms with Gasteiger partial charge in [0.1, 0.15) is 5.56 Å². The second-order valence-corrected chi connectivity index (χ2v) is 5.24. The lowest BCUT2D eigenvalue weighted by Crippen LogP contribution is -2.09. The Kier molecular flexibility index (Phi) is 3.41. The van der Waals surface area contributed by atoms with Crippen LogP contribution in [0.25, 0.3) is 10.9 Å². The molecule has 0 fully saturated rings. The number of carboxylic acid groups (broad SMARTS) is 1. The molecule has 6 nitrogen and oxygen atoms in total. The van der Waals surface area contributed by atoms with Crippen LogP contribution >= 0.6 is 11.3 Å². The van der Waals surface area contributed by atoms with Crippen molar-refractivity contribution in [3.05, 3.63) is 56.8 Å². The monoisotopic (exact) mass is 301 g/mol. The number of hydrogen-bond acceptors (Lipinski definition) is 5. The predicted octanol–water partition coefficient (Wildman–Crippen LogP) is 2.29. The van der Waals surface area contributed by atoms with E-state index in [1.54, 1.807) is 5.38 Å². The molecule has 0 unspecified atom stereocenters. The summed E-state index contributed by atoms with van der Waals surface area (Å²) in [6.07, 6.45) is 1.34. The van der Waals surface area contributed by atoms with E-state index >= 15 is 0 Å². The zero-order valence-corrected chi connectivity index (χ0v) is 11.6. The van der Waals surface area contributed by atoms with Crippen molar-refractivity contribution in [1.82, 2.24) is 9.97 Å². The first-order valence-corrected chi connectivity index (χ1v) is 7.04. The highest BCUT2D eigenvalue weighted by Crippen LogP contribution is 2.26. The number of thiazole rings is 1. The van der Waals surface area contributed by atoms with Crippen LogP contribution in [0.2, 0.25) is 0 Å². The second kappa shape index (κ2) is 5.37. The standard InChI is InChI=1S/C14H11N3O3S/c18-13(19)10-6-15-11-4-2-1-3-9(11)12(10)16-5-8-7-21-14(20)17-8/h1-4,6-7H,5H2,(H,15,16)(H,17,20)(H,18,19). The van der Waals surface area contributed by atoms with Gasteiger partial charge >= 0.3 is 10.8 Å². The van der Waals surface area contributed by atoms with Crippen LogP contribution in [0, 0.1) is 0 Å². The van der Waals surface area contributed by atoms with E-state index in [0.717, 1.165) is 16.7 Å². The minimum Gasteiger partial charge on any atom is -0.478 e. The summed E-state index contributed by atoms with van der Waals surface area (Å²) in [6.45, 7) is 0.340. The van der Waals surface area contributed by atoms with E-state index in [9.17, 15) is 14.7 Å². The number of carbonyl (C=O) groups is 1. The Morgan fingerprint density at radius 1 is 1.38 bits per heavy atom. The van der Waals surface area contributed by atoms with Crippen LogP contribution in [-0.2, 0) is 6.54 Å². The number of H-pyrrole nitrogens is 1. The Labute approximate surface area is 123 Å². The number of nitrogens with one attached hydrogen (secondary N) is 2. The molecule has 2 heterocycles. The van der Waals surface area contributed by atoms with Crippen LogP contribution in [-0.4, -0.2) is 21.0 Å². The number of rotatable bonds is 4.